The number of nitrogens with zero attached hydrogens (tertiary/aromatic N) is 6. The SMILES string of the molecule is Cc1cc(N[C@H](CCn2cncn2)c2ccccc2)n2nc(C)cc2n1. The van der Waals surface area contributed by atoms with Crippen molar-refractivity contribution in [3.05, 3.63) is 72.1 Å². The minimum absolute atomic E-state index is 0.120. The second-order valence-corrected chi connectivity index (χ2v) is 6.39. The van der Waals surface area contributed by atoms with Crippen molar-refractivity contribution >= 4 is 11.5 Å². The van der Waals surface area contributed by atoms with E-state index in [1.807, 2.05) is 41.2 Å². The molecule has 132 valence electrons. The molecule has 3 heterocycles. The maximum absolute atomic E-state index is 4.58. The molecule has 0 aliphatic carbocycles. The van der Waals surface area contributed by atoms with E-state index in [4.69, 9.17) is 0 Å². The van der Waals surface area contributed by atoms with E-state index in [1.54, 1.807) is 12.7 Å². The molecule has 0 bridgehead atoms. The molecule has 1 atom stereocenters. The third kappa shape index (κ3) is 3.42. The molecule has 0 aliphatic heterocycles. The Morgan fingerprint density at radius 1 is 1.08 bits per heavy atom. The number of hydrogen-bond acceptors (Lipinski definition) is 5. The Morgan fingerprint density at radius 2 is 1.92 bits per heavy atom. The van der Waals surface area contributed by atoms with Gasteiger partial charge in [0.05, 0.1) is 11.7 Å². The van der Waals surface area contributed by atoms with E-state index < -0.39 is 0 Å². The van der Waals surface area contributed by atoms with Crippen LogP contribution in [-0.4, -0.2) is 29.4 Å². The maximum atomic E-state index is 4.58. The predicted octanol–water partition coefficient (Wildman–Crippen LogP) is 3.18. The summed E-state index contributed by atoms with van der Waals surface area (Å²) in [4.78, 5) is 8.58. The van der Waals surface area contributed by atoms with Crippen LogP contribution in [0.3, 0.4) is 0 Å². The van der Waals surface area contributed by atoms with Crippen LogP contribution in [-0.2, 0) is 6.54 Å². The van der Waals surface area contributed by atoms with E-state index in [0.717, 1.165) is 35.8 Å². The van der Waals surface area contributed by atoms with Gasteiger partial charge in [0.15, 0.2) is 5.65 Å². The Kier molecular flexibility index (Phi) is 4.35. The van der Waals surface area contributed by atoms with E-state index in [1.165, 1.54) is 5.56 Å². The number of aryl methyl sites for hydroxylation is 3. The minimum Gasteiger partial charge on any atom is -0.363 e. The van der Waals surface area contributed by atoms with Gasteiger partial charge < -0.3 is 5.32 Å². The van der Waals surface area contributed by atoms with Gasteiger partial charge >= 0.3 is 0 Å². The second-order valence-electron chi connectivity index (χ2n) is 6.39. The lowest BCUT2D eigenvalue weighted by atomic mass is 10.0. The molecule has 0 amide bonds. The van der Waals surface area contributed by atoms with E-state index in [9.17, 15) is 0 Å². The summed E-state index contributed by atoms with van der Waals surface area (Å²) in [7, 11) is 0. The molecule has 26 heavy (non-hydrogen) atoms. The molecule has 4 aromatic rings. The Hall–Kier alpha value is -3.22. The second kappa shape index (κ2) is 6.95. The van der Waals surface area contributed by atoms with Crippen molar-refractivity contribution in [2.75, 3.05) is 5.32 Å². The first-order valence-electron chi connectivity index (χ1n) is 8.67. The fourth-order valence-electron chi connectivity index (χ4n) is 3.11. The highest BCUT2D eigenvalue weighted by atomic mass is 15.3. The van der Waals surface area contributed by atoms with Crippen LogP contribution in [0, 0.1) is 13.8 Å². The molecular formula is C19H21N7. The Balaban J connectivity index is 1.66. The Bertz CT molecular complexity index is 990. The van der Waals surface area contributed by atoms with E-state index >= 15 is 0 Å². The Labute approximate surface area is 151 Å². The summed E-state index contributed by atoms with van der Waals surface area (Å²) in [5.74, 6) is 0.938. The quantitative estimate of drug-likeness (QED) is 0.580. The van der Waals surface area contributed by atoms with Crippen LogP contribution in [0.25, 0.3) is 5.65 Å². The standard InChI is InChI=1S/C19H21N7/c1-14-10-19(26-18(22-14)11-15(2)24-26)23-17(16-6-4-3-5-7-16)8-9-25-13-20-12-21-25/h3-7,10-13,17,23H,8-9H2,1-2H3/t17-/m1/s1. The van der Waals surface area contributed by atoms with Crippen molar-refractivity contribution in [3.8, 4) is 0 Å². The van der Waals surface area contributed by atoms with Crippen molar-refractivity contribution in [1.82, 2.24) is 29.4 Å². The molecule has 0 unspecified atom stereocenters. The van der Waals surface area contributed by atoms with Crippen LogP contribution in [0.4, 0.5) is 5.82 Å². The number of rotatable bonds is 6. The fourth-order valence-corrected chi connectivity index (χ4v) is 3.11. The van der Waals surface area contributed by atoms with Crippen molar-refractivity contribution in [1.29, 1.82) is 0 Å². The molecule has 0 saturated carbocycles. The van der Waals surface area contributed by atoms with E-state index in [2.05, 4.69) is 49.7 Å². The topological polar surface area (TPSA) is 72.9 Å². The molecule has 0 saturated heterocycles. The fraction of sp³-hybridized carbons (Fsp3) is 0.263. The highest BCUT2D eigenvalue weighted by Gasteiger charge is 2.15. The monoisotopic (exact) mass is 347 g/mol. The summed E-state index contributed by atoms with van der Waals surface area (Å²) in [5, 5.41) is 12.4. The van der Waals surface area contributed by atoms with Crippen molar-refractivity contribution < 1.29 is 0 Å². The van der Waals surface area contributed by atoms with Gasteiger partial charge in [-0.2, -0.15) is 14.7 Å². The molecule has 7 heteroatoms. The highest BCUT2D eigenvalue weighted by molar-refractivity contribution is 5.51. The summed E-state index contributed by atoms with van der Waals surface area (Å²) in [6.07, 6.45) is 4.18. The van der Waals surface area contributed by atoms with Gasteiger partial charge in [0.1, 0.15) is 18.5 Å². The zero-order chi connectivity index (χ0) is 17.9. The number of hydrogen-bond donors (Lipinski definition) is 1. The van der Waals surface area contributed by atoms with Crippen LogP contribution >= 0.6 is 0 Å². The lowest BCUT2D eigenvalue weighted by molar-refractivity contribution is 0.536. The van der Waals surface area contributed by atoms with Crippen LogP contribution in [0.5, 0.6) is 0 Å². The zero-order valence-corrected chi connectivity index (χ0v) is 14.9. The van der Waals surface area contributed by atoms with E-state index in [-0.39, 0.29) is 6.04 Å². The van der Waals surface area contributed by atoms with Gasteiger partial charge in [-0.25, -0.2) is 9.97 Å². The zero-order valence-electron chi connectivity index (χ0n) is 14.9. The van der Waals surface area contributed by atoms with Gasteiger partial charge in [-0.1, -0.05) is 30.3 Å². The number of nitrogens with one attached hydrogen (secondary N) is 1. The van der Waals surface area contributed by atoms with Crippen LogP contribution < -0.4 is 5.32 Å². The summed E-state index contributed by atoms with van der Waals surface area (Å²) in [5.41, 5.74) is 3.99. The molecule has 7 nitrogen and oxygen atoms in total. The van der Waals surface area contributed by atoms with Gasteiger partial charge in [-0.15, -0.1) is 0 Å². The van der Waals surface area contributed by atoms with Gasteiger partial charge in [0.2, 0.25) is 0 Å². The third-order valence-corrected chi connectivity index (χ3v) is 4.31. The minimum atomic E-state index is 0.120. The van der Waals surface area contributed by atoms with Gasteiger partial charge in [0.25, 0.3) is 0 Å². The van der Waals surface area contributed by atoms with Crippen molar-refractivity contribution in [3.63, 3.8) is 0 Å². The summed E-state index contributed by atoms with van der Waals surface area (Å²) < 4.78 is 3.72. The average molecular weight is 347 g/mol. The van der Waals surface area contributed by atoms with Crippen molar-refractivity contribution in [2.24, 2.45) is 0 Å². The first-order chi connectivity index (χ1) is 12.7. The largest absolute Gasteiger partial charge is 0.363 e. The number of benzene rings is 1. The first-order valence-corrected chi connectivity index (χ1v) is 8.67. The average Bonchev–Trinajstić information content (AvgIpc) is 3.28. The Morgan fingerprint density at radius 3 is 2.69 bits per heavy atom. The molecule has 0 aliphatic rings. The third-order valence-electron chi connectivity index (χ3n) is 4.31. The summed E-state index contributed by atoms with van der Waals surface area (Å²) in [6, 6.07) is 14.6. The predicted molar refractivity (Wildman–Crippen MR) is 99.9 cm³/mol. The molecule has 1 aromatic carbocycles. The van der Waals surface area contributed by atoms with Gasteiger partial charge in [0, 0.05) is 24.4 Å². The van der Waals surface area contributed by atoms with Crippen LogP contribution in [0.15, 0.2) is 55.1 Å². The number of anilines is 1. The molecule has 0 radical (unpaired) electrons. The maximum Gasteiger partial charge on any atom is 0.157 e. The smallest absolute Gasteiger partial charge is 0.157 e. The molecule has 4 rings (SSSR count). The van der Waals surface area contributed by atoms with Gasteiger partial charge in [-0.3, -0.25) is 4.68 Å². The molecular weight excluding hydrogens is 326 g/mol. The van der Waals surface area contributed by atoms with Gasteiger partial charge in [-0.05, 0) is 25.8 Å². The van der Waals surface area contributed by atoms with Crippen LogP contribution in [0.2, 0.25) is 0 Å². The summed E-state index contributed by atoms with van der Waals surface area (Å²) in [6.45, 7) is 4.76. The number of aromatic nitrogens is 6. The first kappa shape index (κ1) is 16.3. The molecule has 0 fully saturated rings. The normalized spacial score (nSPS) is 12.4. The lowest BCUT2D eigenvalue weighted by Gasteiger charge is -2.21. The number of fused-ring (bicyclic) bond motifs is 1. The van der Waals surface area contributed by atoms with Crippen molar-refractivity contribution in [2.45, 2.75) is 32.9 Å². The van der Waals surface area contributed by atoms with Crippen LogP contribution in [0.1, 0.15) is 29.4 Å². The highest BCUT2D eigenvalue weighted by Crippen LogP contribution is 2.24. The van der Waals surface area contributed by atoms with E-state index in [0.29, 0.717) is 0 Å². The summed E-state index contributed by atoms with van der Waals surface area (Å²) >= 11 is 0. The molecule has 1 N–H and O–H groups in total. The molecule has 0 spiro atoms. The molecule has 3 aromatic heterocycles. The lowest BCUT2D eigenvalue weighted by Crippen LogP contribution is -2.16.